The highest BCUT2D eigenvalue weighted by Gasteiger charge is 2.35. The van der Waals surface area contributed by atoms with Crippen molar-refractivity contribution in [3.63, 3.8) is 0 Å². The maximum atomic E-state index is 12.6. The van der Waals surface area contributed by atoms with Gasteiger partial charge in [0.25, 0.3) is 0 Å². The minimum Gasteiger partial charge on any atom is -0.496 e. The van der Waals surface area contributed by atoms with Crippen LogP contribution in [-0.2, 0) is 16.0 Å². The van der Waals surface area contributed by atoms with Gasteiger partial charge in [0.05, 0.1) is 19.4 Å². The highest BCUT2D eigenvalue weighted by molar-refractivity contribution is 7.99. The molecule has 2 amide bonds. The van der Waals surface area contributed by atoms with E-state index in [9.17, 15) is 9.59 Å². The van der Waals surface area contributed by atoms with Gasteiger partial charge >= 0.3 is 0 Å². The van der Waals surface area contributed by atoms with Gasteiger partial charge in [-0.25, -0.2) is 0 Å². The van der Waals surface area contributed by atoms with Crippen LogP contribution in [0.2, 0.25) is 0 Å². The monoisotopic (exact) mass is 322 g/mol. The van der Waals surface area contributed by atoms with Gasteiger partial charge in [-0.3, -0.25) is 9.59 Å². The number of ether oxygens (including phenoxy) is 1. The Kier molecular flexibility index (Phi) is 5.71. The van der Waals surface area contributed by atoms with E-state index in [2.05, 4.69) is 0 Å². The number of nitrogens with zero attached hydrogens (tertiary/aromatic N) is 2. The number of para-hydroxylation sites is 1. The Labute approximate surface area is 135 Å². The van der Waals surface area contributed by atoms with Crippen molar-refractivity contribution in [2.75, 3.05) is 32.3 Å². The number of amides is 2. The normalized spacial score (nSPS) is 17.4. The molecule has 1 aromatic rings. The molecule has 0 aliphatic carbocycles. The Morgan fingerprint density at radius 3 is 2.82 bits per heavy atom. The van der Waals surface area contributed by atoms with E-state index in [0.717, 1.165) is 5.56 Å². The first kappa shape index (κ1) is 16.7. The zero-order chi connectivity index (χ0) is 16.1. The zero-order valence-electron chi connectivity index (χ0n) is 13.2. The summed E-state index contributed by atoms with van der Waals surface area (Å²) in [6, 6.07) is 7.14. The van der Waals surface area contributed by atoms with Crippen molar-refractivity contribution in [3.8, 4) is 5.75 Å². The van der Waals surface area contributed by atoms with Gasteiger partial charge in [-0.05, 0) is 13.0 Å². The van der Waals surface area contributed by atoms with E-state index in [1.54, 1.807) is 35.7 Å². The zero-order valence-corrected chi connectivity index (χ0v) is 14.1. The SMILES string of the molecule is CCN(C)C(=O)[C@@H]1CSCN1C(=O)Cc1ccccc1OC. The van der Waals surface area contributed by atoms with E-state index in [1.165, 1.54) is 0 Å². The number of rotatable bonds is 5. The van der Waals surface area contributed by atoms with Crippen molar-refractivity contribution in [2.45, 2.75) is 19.4 Å². The van der Waals surface area contributed by atoms with E-state index >= 15 is 0 Å². The van der Waals surface area contributed by atoms with Crippen LogP contribution in [0.5, 0.6) is 5.75 Å². The molecule has 120 valence electrons. The van der Waals surface area contributed by atoms with Crippen molar-refractivity contribution in [2.24, 2.45) is 0 Å². The molecule has 1 aliphatic rings. The van der Waals surface area contributed by atoms with E-state index in [0.29, 0.717) is 23.9 Å². The van der Waals surface area contributed by atoms with Crippen molar-refractivity contribution < 1.29 is 14.3 Å². The molecule has 0 spiro atoms. The summed E-state index contributed by atoms with van der Waals surface area (Å²) in [5, 5.41) is 0. The second-order valence-electron chi connectivity index (χ2n) is 5.22. The number of hydrogen-bond acceptors (Lipinski definition) is 4. The molecule has 6 heteroatoms. The topological polar surface area (TPSA) is 49.9 Å². The van der Waals surface area contributed by atoms with Crippen LogP contribution in [0, 0.1) is 0 Å². The van der Waals surface area contributed by atoms with Gasteiger partial charge in [0.1, 0.15) is 11.8 Å². The minimum atomic E-state index is -0.350. The lowest BCUT2D eigenvalue weighted by Crippen LogP contribution is -2.48. The number of carbonyl (C=O) groups excluding carboxylic acids is 2. The number of methoxy groups -OCH3 is 1. The molecule has 0 radical (unpaired) electrons. The molecule has 0 N–H and O–H groups in total. The summed E-state index contributed by atoms with van der Waals surface area (Å²) in [6.07, 6.45) is 0.254. The van der Waals surface area contributed by atoms with Crippen LogP contribution in [-0.4, -0.2) is 60.0 Å². The Morgan fingerprint density at radius 2 is 2.14 bits per heavy atom. The van der Waals surface area contributed by atoms with Crippen LogP contribution in [0.4, 0.5) is 0 Å². The van der Waals surface area contributed by atoms with Gasteiger partial charge in [0, 0.05) is 24.9 Å². The van der Waals surface area contributed by atoms with Crippen molar-refractivity contribution in [1.29, 1.82) is 0 Å². The van der Waals surface area contributed by atoms with Crippen molar-refractivity contribution in [1.82, 2.24) is 9.80 Å². The van der Waals surface area contributed by atoms with Gasteiger partial charge in [-0.2, -0.15) is 0 Å². The largest absolute Gasteiger partial charge is 0.496 e. The molecule has 22 heavy (non-hydrogen) atoms. The van der Waals surface area contributed by atoms with Gasteiger partial charge in [-0.1, -0.05) is 18.2 Å². The molecule has 1 atom stereocenters. The molecule has 0 bridgehead atoms. The van der Waals surface area contributed by atoms with Crippen LogP contribution in [0.25, 0.3) is 0 Å². The number of hydrogen-bond donors (Lipinski definition) is 0. The molecule has 1 aromatic carbocycles. The maximum absolute atomic E-state index is 12.6. The molecule has 0 unspecified atom stereocenters. The number of benzene rings is 1. The highest BCUT2D eigenvalue weighted by Crippen LogP contribution is 2.25. The van der Waals surface area contributed by atoms with Gasteiger partial charge in [0.2, 0.25) is 11.8 Å². The van der Waals surface area contributed by atoms with Crippen LogP contribution in [0.15, 0.2) is 24.3 Å². The fraction of sp³-hybridized carbons (Fsp3) is 0.500. The molecule has 1 fully saturated rings. The molecule has 2 rings (SSSR count). The second kappa shape index (κ2) is 7.54. The number of likely N-dealkylation sites (N-methyl/N-ethyl adjacent to an activating group) is 1. The van der Waals surface area contributed by atoms with Crippen LogP contribution in [0.3, 0.4) is 0 Å². The molecule has 1 aliphatic heterocycles. The third-order valence-electron chi connectivity index (χ3n) is 3.87. The summed E-state index contributed by atoms with van der Waals surface area (Å²) in [5.41, 5.74) is 0.849. The fourth-order valence-electron chi connectivity index (χ4n) is 2.42. The first-order valence-electron chi connectivity index (χ1n) is 7.32. The Bertz CT molecular complexity index is 550. The minimum absolute atomic E-state index is 0.0147. The summed E-state index contributed by atoms with van der Waals surface area (Å²) in [7, 11) is 3.37. The molecular weight excluding hydrogens is 300 g/mol. The fourth-order valence-corrected chi connectivity index (χ4v) is 3.59. The molecular formula is C16H22N2O3S. The predicted molar refractivity (Wildman–Crippen MR) is 88.0 cm³/mol. The molecule has 0 saturated carbocycles. The van der Waals surface area contributed by atoms with Crippen molar-refractivity contribution >= 4 is 23.6 Å². The summed E-state index contributed by atoms with van der Waals surface area (Å²) >= 11 is 1.62. The van der Waals surface area contributed by atoms with E-state index < -0.39 is 0 Å². The second-order valence-corrected chi connectivity index (χ2v) is 6.22. The Morgan fingerprint density at radius 1 is 1.41 bits per heavy atom. The first-order chi connectivity index (χ1) is 10.6. The molecule has 5 nitrogen and oxygen atoms in total. The third-order valence-corrected chi connectivity index (χ3v) is 4.88. The third kappa shape index (κ3) is 3.55. The van der Waals surface area contributed by atoms with E-state index in [1.807, 2.05) is 31.2 Å². The summed E-state index contributed by atoms with van der Waals surface area (Å²) in [4.78, 5) is 28.3. The summed E-state index contributed by atoms with van der Waals surface area (Å²) in [5.74, 6) is 1.93. The molecule has 0 aromatic heterocycles. The lowest BCUT2D eigenvalue weighted by molar-refractivity contribution is -0.142. The van der Waals surface area contributed by atoms with E-state index in [-0.39, 0.29) is 24.3 Å². The summed E-state index contributed by atoms with van der Waals surface area (Å²) in [6.45, 7) is 2.58. The Balaban J connectivity index is 2.09. The van der Waals surface area contributed by atoms with Gasteiger partial charge in [0.15, 0.2) is 0 Å². The van der Waals surface area contributed by atoms with Crippen LogP contribution >= 0.6 is 11.8 Å². The number of thioether (sulfide) groups is 1. The highest BCUT2D eigenvalue weighted by atomic mass is 32.2. The van der Waals surface area contributed by atoms with Crippen LogP contribution < -0.4 is 4.74 Å². The van der Waals surface area contributed by atoms with E-state index in [4.69, 9.17) is 4.74 Å². The Hall–Kier alpha value is -1.69. The molecule has 1 saturated heterocycles. The quantitative estimate of drug-likeness (QED) is 0.826. The average Bonchev–Trinajstić information content (AvgIpc) is 3.03. The standard InChI is InChI=1S/C16H22N2O3S/c1-4-17(2)16(20)13-10-22-11-18(13)15(19)9-12-7-5-6-8-14(12)21-3/h5-8,13H,4,9-11H2,1-3H3/t13-/m0/s1. The summed E-state index contributed by atoms with van der Waals surface area (Å²) < 4.78 is 5.29. The maximum Gasteiger partial charge on any atom is 0.245 e. The van der Waals surface area contributed by atoms with Gasteiger partial charge < -0.3 is 14.5 Å². The van der Waals surface area contributed by atoms with Gasteiger partial charge in [-0.15, -0.1) is 11.8 Å². The average molecular weight is 322 g/mol. The lowest BCUT2D eigenvalue weighted by atomic mass is 10.1. The van der Waals surface area contributed by atoms with Crippen molar-refractivity contribution in [3.05, 3.63) is 29.8 Å². The first-order valence-corrected chi connectivity index (χ1v) is 8.48. The predicted octanol–water partition coefficient (Wildman–Crippen LogP) is 1.62. The smallest absolute Gasteiger partial charge is 0.245 e. The number of carbonyl (C=O) groups is 2. The van der Waals surface area contributed by atoms with Crippen LogP contribution in [0.1, 0.15) is 12.5 Å². The lowest BCUT2D eigenvalue weighted by Gasteiger charge is -2.27. The molecule has 1 heterocycles.